The first-order valence-electron chi connectivity index (χ1n) is 10.6. The smallest absolute Gasteiger partial charge is 0.233 e. The maximum absolute atomic E-state index is 12.5. The predicted octanol–water partition coefficient (Wildman–Crippen LogP) is 4.67. The highest BCUT2D eigenvalue weighted by atomic mass is 32.2. The van der Waals surface area contributed by atoms with Gasteiger partial charge in [0.05, 0.1) is 12.9 Å². The fraction of sp³-hybridized carbons (Fsp3) is 0.591. The monoisotopic (exact) mass is 416 g/mol. The van der Waals surface area contributed by atoms with Gasteiger partial charge in [-0.15, -0.1) is 10.2 Å². The summed E-state index contributed by atoms with van der Waals surface area (Å²) in [6, 6.07) is 8.33. The van der Waals surface area contributed by atoms with Crippen molar-refractivity contribution in [2.75, 3.05) is 26.0 Å². The zero-order valence-corrected chi connectivity index (χ0v) is 18.7. The van der Waals surface area contributed by atoms with Crippen molar-refractivity contribution in [2.45, 2.75) is 57.7 Å². The fourth-order valence-electron chi connectivity index (χ4n) is 4.09. The van der Waals surface area contributed by atoms with Crippen LogP contribution in [0.2, 0.25) is 0 Å². The van der Waals surface area contributed by atoms with Gasteiger partial charge in [0.2, 0.25) is 5.91 Å². The Morgan fingerprint density at radius 2 is 1.86 bits per heavy atom. The minimum atomic E-state index is 0.150. The summed E-state index contributed by atoms with van der Waals surface area (Å²) in [5.74, 6) is 2.81. The number of amides is 1. The summed E-state index contributed by atoms with van der Waals surface area (Å²) in [7, 11) is 1.67. The van der Waals surface area contributed by atoms with E-state index in [1.165, 1.54) is 31.0 Å². The molecule has 158 valence electrons. The molecule has 0 aliphatic heterocycles. The molecule has 1 saturated carbocycles. The number of hydrogen-bond acceptors (Lipinski definition) is 5. The van der Waals surface area contributed by atoms with Gasteiger partial charge in [0.25, 0.3) is 0 Å². The average Bonchev–Trinajstić information content (AvgIpc) is 3.17. The summed E-state index contributed by atoms with van der Waals surface area (Å²) in [5.41, 5.74) is 1.03. The Hall–Kier alpha value is -2.02. The molecule has 1 amide bonds. The van der Waals surface area contributed by atoms with Crippen molar-refractivity contribution in [2.24, 2.45) is 5.92 Å². The number of ether oxygens (including phenoxy) is 1. The molecule has 0 unspecified atom stereocenters. The number of thioether (sulfide) groups is 1. The largest absolute Gasteiger partial charge is 0.497 e. The molecule has 0 bridgehead atoms. The highest BCUT2D eigenvalue weighted by Gasteiger charge is 2.29. The molecule has 0 radical (unpaired) electrons. The molecule has 1 aromatic carbocycles. The zero-order valence-electron chi connectivity index (χ0n) is 17.9. The van der Waals surface area contributed by atoms with Crippen molar-refractivity contribution in [1.29, 1.82) is 0 Å². The molecule has 7 heteroatoms. The first-order chi connectivity index (χ1) is 14.1. The first-order valence-corrected chi connectivity index (χ1v) is 11.6. The second kappa shape index (κ2) is 10.1. The van der Waals surface area contributed by atoms with Gasteiger partial charge >= 0.3 is 0 Å². The summed E-state index contributed by atoms with van der Waals surface area (Å²) in [5, 5.41) is 9.89. The van der Waals surface area contributed by atoms with Crippen molar-refractivity contribution in [3.8, 4) is 17.1 Å². The number of carbonyl (C=O) groups excluding carboxylic acids is 1. The molecule has 1 fully saturated rings. The van der Waals surface area contributed by atoms with E-state index in [9.17, 15) is 4.79 Å². The second-order valence-corrected chi connectivity index (χ2v) is 8.53. The van der Waals surface area contributed by atoms with Crippen LogP contribution in [0.4, 0.5) is 0 Å². The van der Waals surface area contributed by atoms with Gasteiger partial charge in [0, 0.05) is 24.7 Å². The molecule has 1 aromatic heterocycles. The normalized spacial score (nSPS) is 19.2. The Kier molecular flexibility index (Phi) is 7.58. The Bertz CT molecular complexity index is 802. The number of aromatic nitrogens is 3. The number of carbonyl (C=O) groups is 1. The van der Waals surface area contributed by atoms with Crippen LogP contribution in [0.1, 0.15) is 52.5 Å². The standard InChI is InChI=1S/C22H32N4O2S/c1-5-25(6-2)20(27)15-29-22-24-23-21(17-11-13-18(28-4)14-12-17)26(22)19-10-8-7-9-16(19)3/h11-14,16,19H,5-10,15H2,1-4H3/t16-,19+/m0/s1. The van der Waals surface area contributed by atoms with E-state index < -0.39 is 0 Å². The molecule has 1 aliphatic carbocycles. The summed E-state index contributed by atoms with van der Waals surface area (Å²) < 4.78 is 7.58. The summed E-state index contributed by atoms with van der Waals surface area (Å²) in [6.45, 7) is 7.82. The molecule has 1 aliphatic rings. The molecule has 0 N–H and O–H groups in total. The lowest BCUT2D eigenvalue weighted by Gasteiger charge is -2.31. The Labute approximate surface area is 178 Å². The Morgan fingerprint density at radius 1 is 1.17 bits per heavy atom. The maximum atomic E-state index is 12.5. The van der Waals surface area contributed by atoms with Crippen molar-refractivity contribution >= 4 is 17.7 Å². The third-order valence-electron chi connectivity index (χ3n) is 5.85. The van der Waals surface area contributed by atoms with Crippen LogP contribution in [0.3, 0.4) is 0 Å². The lowest BCUT2D eigenvalue weighted by atomic mass is 9.85. The van der Waals surface area contributed by atoms with E-state index in [0.717, 1.165) is 41.8 Å². The van der Waals surface area contributed by atoms with E-state index in [1.54, 1.807) is 7.11 Å². The first kappa shape index (κ1) is 21.7. The zero-order chi connectivity index (χ0) is 20.8. The third-order valence-corrected chi connectivity index (χ3v) is 6.78. The van der Waals surface area contributed by atoms with E-state index in [0.29, 0.717) is 17.7 Å². The summed E-state index contributed by atoms with van der Waals surface area (Å²) in [4.78, 5) is 14.4. The van der Waals surface area contributed by atoms with Gasteiger partial charge in [-0.2, -0.15) is 0 Å². The van der Waals surface area contributed by atoms with Crippen molar-refractivity contribution in [3.05, 3.63) is 24.3 Å². The van der Waals surface area contributed by atoms with E-state index in [1.807, 2.05) is 43.0 Å². The quantitative estimate of drug-likeness (QED) is 0.586. The third kappa shape index (κ3) is 4.94. The molecular weight excluding hydrogens is 384 g/mol. The van der Waals surface area contributed by atoms with Crippen molar-refractivity contribution in [3.63, 3.8) is 0 Å². The number of hydrogen-bond donors (Lipinski definition) is 0. The van der Waals surface area contributed by atoms with Crippen LogP contribution in [0.25, 0.3) is 11.4 Å². The van der Waals surface area contributed by atoms with Gasteiger partial charge in [-0.3, -0.25) is 9.36 Å². The highest BCUT2D eigenvalue weighted by molar-refractivity contribution is 7.99. The Balaban J connectivity index is 1.91. The number of rotatable bonds is 8. The van der Waals surface area contributed by atoms with Crippen LogP contribution in [-0.2, 0) is 4.79 Å². The summed E-state index contributed by atoms with van der Waals surface area (Å²) in [6.07, 6.45) is 4.84. The SMILES string of the molecule is CCN(CC)C(=O)CSc1nnc(-c2ccc(OC)cc2)n1[C@@H]1CCCC[C@@H]1C. The van der Waals surface area contributed by atoms with Crippen LogP contribution < -0.4 is 4.74 Å². The van der Waals surface area contributed by atoms with Crippen LogP contribution in [-0.4, -0.2) is 51.5 Å². The lowest BCUT2D eigenvalue weighted by Crippen LogP contribution is -2.32. The van der Waals surface area contributed by atoms with Crippen LogP contribution >= 0.6 is 11.8 Å². The topological polar surface area (TPSA) is 60.3 Å². The molecule has 0 saturated heterocycles. The molecule has 29 heavy (non-hydrogen) atoms. The molecule has 6 nitrogen and oxygen atoms in total. The van der Waals surface area contributed by atoms with Gasteiger partial charge in [0.15, 0.2) is 11.0 Å². The van der Waals surface area contributed by atoms with Crippen LogP contribution in [0.5, 0.6) is 5.75 Å². The van der Waals surface area contributed by atoms with Gasteiger partial charge in [0.1, 0.15) is 5.75 Å². The molecule has 2 aromatic rings. The summed E-state index contributed by atoms with van der Waals surface area (Å²) >= 11 is 1.51. The number of methoxy groups -OCH3 is 1. The fourth-order valence-corrected chi connectivity index (χ4v) is 4.98. The second-order valence-electron chi connectivity index (χ2n) is 7.59. The lowest BCUT2D eigenvalue weighted by molar-refractivity contribution is -0.127. The van der Waals surface area contributed by atoms with E-state index in [-0.39, 0.29) is 5.91 Å². The van der Waals surface area contributed by atoms with Crippen LogP contribution in [0.15, 0.2) is 29.4 Å². The molecule has 1 heterocycles. The van der Waals surface area contributed by atoms with Gasteiger partial charge in [-0.1, -0.05) is 31.5 Å². The minimum absolute atomic E-state index is 0.150. The van der Waals surface area contributed by atoms with Gasteiger partial charge < -0.3 is 9.64 Å². The van der Waals surface area contributed by atoms with E-state index >= 15 is 0 Å². The molecular formula is C22H32N4O2S. The number of nitrogens with zero attached hydrogens (tertiary/aromatic N) is 4. The Morgan fingerprint density at radius 3 is 2.48 bits per heavy atom. The van der Waals surface area contributed by atoms with Crippen LogP contribution in [0, 0.1) is 5.92 Å². The maximum Gasteiger partial charge on any atom is 0.233 e. The van der Waals surface area contributed by atoms with Crippen molar-refractivity contribution < 1.29 is 9.53 Å². The average molecular weight is 417 g/mol. The van der Waals surface area contributed by atoms with Crippen molar-refractivity contribution in [1.82, 2.24) is 19.7 Å². The van der Waals surface area contributed by atoms with Gasteiger partial charge in [-0.05, 0) is 56.9 Å². The molecule has 3 rings (SSSR count). The molecule has 2 atom stereocenters. The minimum Gasteiger partial charge on any atom is -0.497 e. The van der Waals surface area contributed by atoms with E-state index in [2.05, 4.69) is 21.7 Å². The predicted molar refractivity (Wildman–Crippen MR) is 117 cm³/mol. The highest BCUT2D eigenvalue weighted by Crippen LogP contribution is 2.39. The van der Waals surface area contributed by atoms with E-state index in [4.69, 9.17) is 4.74 Å². The number of benzene rings is 1. The molecule has 0 spiro atoms. The van der Waals surface area contributed by atoms with Gasteiger partial charge in [-0.25, -0.2) is 0 Å².